The summed E-state index contributed by atoms with van der Waals surface area (Å²) in [5, 5.41) is 2.64. The topological polar surface area (TPSA) is 58.1 Å². The number of hydrogen-bond acceptors (Lipinski definition) is 4. The second kappa shape index (κ2) is 8.72. The summed E-state index contributed by atoms with van der Waals surface area (Å²) in [4.78, 5) is 21.6. The molecular weight excluding hydrogens is 426 g/mol. The van der Waals surface area contributed by atoms with E-state index in [4.69, 9.17) is 0 Å². The molecule has 0 atom stereocenters. The van der Waals surface area contributed by atoms with Crippen LogP contribution in [0.25, 0.3) is 0 Å². The van der Waals surface area contributed by atoms with Crippen molar-refractivity contribution in [1.29, 1.82) is 0 Å². The molecule has 0 bridgehead atoms. The zero-order valence-corrected chi connectivity index (χ0v) is 16.5. The third kappa shape index (κ3) is 5.86. The van der Waals surface area contributed by atoms with Crippen LogP contribution in [-0.4, -0.2) is 29.0 Å². The molecule has 1 aliphatic rings. The lowest BCUT2D eigenvalue weighted by Gasteiger charge is -2.32. The van der Waals surface area contributed by atoms with Gasteiger partial charge >= 0.3 is 12.4 Å². The minimum Gasteiger partial charge on any atom is -0.356 e. The molecule has 3 rings (SSSR count). The highest BCUT2D eigenvalue weighted by molar-refractivity contribution is 5.79. The standard InChI is InChI=1S/C20H20F6N4O/c1-12-28-16(20(24,25)26)10-17(29-12)30-7-5-14(6-8-30)18(31)27-11-13-3-2-4-15(9-13)19(21,22)23/h2-4,9-10,14H,5-8,11H2,1H3,(H,27,31). The first-order chi connectivity index (χ1) is 14.4. The molecular formula is C20H20F6N4O. The van der Waals surface area contributed by atoms with Gasteiger partial charge in [0.25, 0.3) is 0 Å². The lowest BCUT2D eigenvalue weighted by Crippen LogP contribution is -2.40. The molecule has 168 valence electrons. The molecule has 1 N–H and O–H groups in total. The van der Waals surface area contributed by atoms with Crippen LogP contribution < -0.4 is 10.2 Å². The molecule has 1 aliphatic heterocycles. The second-order valence-electron chi connectivity index (χ2n) is 7.33. The summed E-state index contributed by atoms with van der Waals surface area (Å²) in [5.74, 6) is -0.521. The minimum absolute atomic E-state index is 0.00535. The van der Waals surface area contributed by atoms with Gasteiger partial charge in [-0.25, -0.2) is 9.97 Å². The van der Waals surface area contributed by atoms with Gasteiger partial charge in [-0.15, -0.1) is 0 Å². The number of rotatable bonds is 4. The van der Waals surface area contributed by atoms with Crippen molar-refractivity contribution in [3.8, 4) is 0 Å². The lowest BCUT2D eigenvalue weighted by atomic mass is 9.95. The number of benzene rings is 1. The zero-order chi connectivity index (χ0) is 22.8. The molecule has 1 saturated heterocycles. The Hall–Kier alpha value is -2.85. The van der Waals surface area contributed by atoms with Gasteiger partial charge in [-0.1, -0.05) is 12.1 Å². The predicted molar refractivity (Wildman–Crippen MR) is 100.0 cm³/mol. The van der Waals surface area contributed by atoms with E-state index in [1.54, 1.807) is 4.90 Å². The third-order valence-electron chi connectivity index (χ3n) is 5.03. The maximum atomic E-state index is 13.0. The van der Waals surface area contributed by atoms with E-state index in [0.29, 0.717) is 31.5 Å². The van der Waals surface area contributed by atoms with E-state index in [1.807, 2.05) is 0 Å². The zero-order valence-electron chi connectivity index (χ0n) is 16.5. The van der Waals surface area contributed by atoms with Crippen molar-refractivity contribution in [2.24, 2.45) is 5.92 Å². The Morgan fingerprint density at radius 3 is 2.35 bits per heavy atom. The number of hydrogen-bond donors (Lipinski definition) is 1. The highest BCUT2D eigenvalue weighted by Crippen LogP contribution is 2.31. The number of aromatic nitrogens is 2. The Kier molecular flexibility index (Phi) is 6.42. The van der Waals surface area contributed by atoms with Crippen LogP contribution in [0.3, 0.4) is 0 Å². The fourth-order valence-corrected chi connectivity index (χ4v) is 3.42. The van der Waals surface area contributed by atoms with Crippen LogP contribution in [0, 0.1) is 12.8 Å². The number of aryl methyl sites for hydroxylation is 1. The number of anilines is 1. The van der Waals surface area contributed by atoms with Gasteiger partial charge < -0.3 is 10.2 Å². The van der Waals surface area contributed by atoms with Crippen LogP contribution in [-0.2, 0) is 23.7 Å². The third-order valence-corrected chi connectivity index (χ3v) is 5.03. The van der Waals surface area contributed by atoms with Crippen molar-refractivity contribution in [2.45, 2.75) is 38.7 Å². The van der Waals surface area contributed by atoms with Gasteiger partial charge in [0.15, 0.2) is 0 Å². The predicted octanol–water partition coefficient (Wildman–Crippen LogP) is 4.36. The van der Waals surface area contributed by atoms with Gasteiger partial charge in [0.2, 0.25) is 5.91 Å². The average molecular weight is 446 g/mol. The molecule has 0 aliphatic carbocycles. The van der Waals surface area contributed by atoms with Gasteiger partial charge in [-0.2, -0.15) is 26.3 Å². The Bertz CT molecular complexity index is 936. The Morgan fingerprint density at radius 2 is 1.74 bits per heavy atom. The van der Waals surface area contributed by atoms with E-state index in [-0.39, 0.29) is 30.0 Å². The van der Waals surface area contributed by atoms with Gasteiger partial charge in [0.1, 0.15) is 17.3 Å². The first-order valence-corrected chi connectivity index (χ1v) is 9.55. The SMILES string of the molecule is Cc1nc(N2CCC(C(=O)NCc3cccc(C(F)(F)F)c3)CC2)cc(C(F)(F)F)n1. The van der Waals surface area contributed by atoms with E-state index >= 15 is 0 Å². The molecule has 1 amide bonds. The lowest BCUT2D eigenvalue weighted by molar-refractivity contribution is -0.141. The van der Waals surface area contributed by atoms with Gasteiger partial charge in [-0.3, -0.25) is 4.79 Å². The number of carbonyl (C=O) groups excluding carboxylic acids is 1. The summed E-state index contributed by atoms with van der Waals surface area (Å²) in [6.45, 7) is 2.00. The summed E-state index contributed by atoms with van der Waals surface area (Å²) in [5.41, 5.74) is -1.47. The molecule has 5 nitrogen and oxygen atoms in total. The van der Waals surface area contributed by atoms with Crippen molar-refractivity contribution < 1.29 is 31.1 Å². The number of carbonyl (C=O) groups is 1. The maximum Gasteiger partial charge on any atom is 0.433 e. The number of nitrogens with zero attached hydrogens (tertiary/aromatic N) is 3. The second-order valence-corrected chi connectivity index (χ2v) is 7.33. The van der Waals surface area contributed by atoms with E-state index in [9.17, 15) is 31.1 Å². The fourth-order valence-electron chi connectivity index (χ4n) is 3.42. The van der Waals surface area contributed by atoms with Crippen LogP contribution >= 0.6 is 0 Å². The summed E-state index contributed by atoms with van der Waals surface area (Å²) in [7, 11) is 0. The van der Waals surface area contributed by atoms with Crippen LogP contribution in [0.4, 0.5) is 32.2 Å². The smallest absolute Gasteiger partial charge is 0.356 e. The van der Waals surface area contributed by atoms with Crippen molar-refractivity contribution in [3.05, 3.63) is 53.0 Å². The number of alkyl halides is 6. The van der Waals surface area contributed by atoms with E-state index in [0.717, 1.165) is 18.2 Å². The molecule has 31 heavy (non-hydrogen) atoms. The molecule has 0 saturated carbocycles. The molecule has 2 aromatic rings. The summed E-state index contributed by atoms with van der Waals surface area (Å²) >= 11 is 0. The maximum absolute atomic E-state index is 13.0. The first-order valence-electron chi connectivity index (χ1n) is 9.55. The Balaban J connectivity index is 1.57. The van der Waals surface area contributed by atoms with Crippen LogP contribution in [0.1, 0.15) is 35.5 Å². The first kappa shape index (κ1) is 22.8. The normalized spacial score (nSPS) is 15.8. The highest BCUT2D eigenvalue weighted by atomic mass is 19.4. The number of nitrogens with one attached hydrogen (secondary N) is 1. The van der Waals surface area contributed by atoms with E-state index in [1.165, 1.54) is 19.1 Å². The fraction of sp³-hybridized carbons (Fsp3) is 0.450. The minimum atomic E-state index is -4.58. The largest absolute Gasteiger partial charge is 0.433 e. The molecule has 0 radical (unpaired) electrons. The average Bonchev–Trinajstić information content (AvgIpc) is 2.70. The van der Waals surface area contributed by atoms with Gasteiger partial charge in [0, 0.05) is 31.6 Å². The van der Waals surface area contributed by atoms with Gasteiger partial charge in [0.05, 0.1) is 5.56 Å². The van der Waals surface area contributed by atoms with Crippen LogP contribution in [0.2, 0.25) is 0 Å². The molecule has 1 aromatic carbocycles. The summed E-state index contributed by atoms with van der Waals surface area (Å²) < 4.78 is 77.3. The Labute approximate surface area is 174 Å². The molecule has 0 spiro atoms. The monoisotopic (exact) mass is 446 g/mol. The quantitative estimate of drug-likeness (QED) is 0.710. The van der Waals surface area contributed by atoms with Crippen molar-refractivity contribution >= 4 is 11.7 Å². The van der Waals surface area contributed by atoms with E-state index in [2.05, 4.69) is 15.3 Å². The van der Waals surface area contributed by atoms with E-state index < -0.39 is 23.6 Å². The molecule has 1 aromatic heterocycles. The molecule has 11 heteroatoms. The van der Waals surface area contributed by atoms with Crippen molar-refractivity contribution in [1.82, 2.24) is 15.3 Å². The van der Waals surface area contributed by atoms with Crippen molar-refractivity contribution in [2.75, 3.05) is 18.0 Å². The molecule has 1 fully saturated rings. The highest BCUT2D eigenvalue weighted by Gasteiger charge is 2.34. The number of amides is 1. The van der Waals surface area contributed by atoms with Crippen LogP contribution in [0.5, 0.6) is 0 Å². The molecule has 0 unspecified atom stereocenters. The molecule has 2 heterocycles. The van der Waals surface area contributed by atoms with Gasteiger partial charge in [-0.05, 0) is 37.5 Å². The van der Waals surface area contributed by atoms with Crippen molar-refractivity contribution in [3.63, 3.8) is 0 Å². The Morgan fingerprint density at radius 1 is 1.06 bits per heavy atom. The summed E-state index contributed by atoms with van der Waals surface area (Å²) in [6.07, 6.45) is -8.26. The summed E-state index contributed by atoms with van der Waals surface area (Å²) in [6, 6.07) is 5.61. The van der Waals surface area contributed by atoms with Crippen LogP contribution in [0.15, 0.2) is 30.3 Å². The number of piperidine rings is 1. The number of halogens is 6.